The highest BCUT2D eigenvalue weighted by atomic mass is 32.2. The number of sulfonamides is 1. The van der Waals surface area contributed by atoms with E-state index < -0.39 is 33.6 Å². The molecule has 7 nitrogen and oxygen atoms in total. The Morgan fingerprint density at radius 2 is 1.88 bits per heavy atom. The van der Waals surface area contributed by atoms with Gasteiger partial charge >= 0.3 is 6.18 Å². The van der Waals surface area contributed by atoms with Crippen LogP contribution in [0, 0.1) is 12.7 Å². The third-order valence-electron chi connectivity index (χ3n) is 4.87. The lowest BCUT2D eigenvalue weighted by atomic mass is 10.1. The minimum absolute atomic E-state index is 0.0980. The van der Waals surface area contributed by atoms with Crippen LogP contribution in [0.5, 0.6) is 0 Å². The number of nitrogens with zero attached hydrogens (tertiary/aromatic N) is 1. The molecule has 0 spiro atoms. The van der Waals surface area contributed by atoms with Crippen molar-refractivity contribution in [1.82, 2.24) is 10.3 Å². The molecular weight excluding hydrogens is 476 g/mol. The molecule has 3 N–H and O–H groups in total. The number of anilines is 2. The number of amides is 1. The van der Waals surface area contributed by atoms with Gasteiger partial charge in [0.2, 0.25) is 10.0 Å². The van der Waals surface area contributed by atoms with Gasteiger partial charge in [0.15, 0.2) is 0 Å². The highest BCUT2D eigenvalue weighted by Gasteiger charge is 2.33. The van der Waals surface area contributed by atoms with Gasteiger partial charge in [-0.25, -0.2) is 17.8 Å². The van der Waals surface area contributed by atoms with Crippen LogP contribution in [-0.2, 0) is 27.5 Å². The van der Waals surface area contributed by atoms with E-state index in [1.54, 1.807) is 6.92 Å². The van der Waals surface area contributed by atoms with Crippen LogP contribution in [0.3, 0.4) is 0 Å². The third-order valence-corrected chi connectivity index (χ3v) is 5.44. The van der Waals surface area contributed by atoms with Crippen LogP contribution in [0.2, 0.25) is 0 Å². The zero-order chi connectivity index (χ0) is 25.8. The molecular formula is C22H26F4N4O3S. The molecule has 1 aromatic carbocycles. The average Bonchev–Trinajstić information content (AvgIpc) is 2.72. The minimum Gasteiger partial charge on any atom is -0.367 e. The maximum absolute atomic E-state index is 14.4. The monoisotopic (exact) mass is 502 g/mol. The SMILES string of the molecule is C=C(C(=O)NCc1cc(C)c(NS(C)(=O)=O)c(F)c1)c1ccc(C(F)(F)F)nc1NC(C)CC. The second kappa shape index (κ2) is 10.4. The molecule has 1 atom stereocenters. The zero-order valence-electron chi connectivity index (χ0n) is 19.1. The third kappa shape index (κ3) is 7.17. The number of pyridine rings is 1. The minimum atomic E-state index is -4.66. The zero-order valence-corrected chi connectivity index (χ0v) is 19.9. The second-order valence-corrected chi connectivity index (χ2v) is 9.60. The predicted octanol–water partition coefficient (Wildman–Crippen LogP) is 4.46. The van der Waals surface area contributed by atoms with Gasteiger partial charge in [-0.1, -0.05) is 19.6 Å². The van der Waals surface area contributed by atoms with Crippen molar-refractivity contribution in [2.45, 2.75) is 46.0 Å². The molecule has 0 aliphatic heterocycles. The van der Waals surface area contributed by atoms with Gasteiger partial charge in [-0.05, 0) is 49.6 Å². The van der Waals surface area contributed by atoms with Crippen LogP contribution >= 0.6 is 0 Å². The summed E-state index contributed by atoms with van der Waals surface area (Å²) in [5.41, 5.74) is -0.679. The molecule has 0 saturated carbocycles. The lowest BCUT2D eigenvalue weighted by Crippen LogP contribution is -2.25. The molecule has 2 rings (SSSR count). The van der Waals surface area contributed by atoms with Crippen molar-refractivity contribution < 1.29 is 30.8 Å². The average molecular weight is 503 g/mol. The Kier molecular flexibility index (Phi) is 8.30. The van der Waals surface area contributed by atoms with Crippen molar-refractivity contribution in [3.05, 3.63) is 59.0 Å². The number of hydrogen-bond donors (Lipinski definition) is 3. The number of carbonyl (C=O) groups excluding carboxylic acids is 1. The van der Waals surface area contributed by atoms with E-state index in [9.17, 15) is 30.8 Å². The fraction of sp³-hybridized carbons (Fsp3) is 0.364. The number of aryl methyl sites for hydroxylation is 1. The number of aromatic nitrogens is 1. The first-order valence-electron chi connectivity index (χ1n) is 10.2. The van der Waals surface area contributed by atoms with Crippen LogP contribution in [-0.4, -0.2) is 31.6 Å². The lowest BCUT2D eigenvalue weighted by Gasteiger charge is -2.19. The number of alkyl halides is 3. The normalized spacial score (nSPS) is 12.7. The number of benzene rings is 1. The van der Waals surface area contributed by atoms with Crippen LogP contribution in [0.25, 0.3) is 5.57 Å². The van der Waals surface area contributed by atoms with Crippen molar-refractivity contribution >= 4 is 33.0 Å². The summed E-state index contributed by atoms with van der Waals surface area (Å²) in [4.78, 5) is 16.3. The van der Waals surface area contributed by atoms with Gasteiger partial charge in [-0.3, -0.25) is 9.52 Å². The van der Waals surface area contributed by atoms with Gasteiger partial charge < -0.3 is 10.6 Å². The first-order chi connectivity index (χ1) is 15.6. The van der Waals surface area contributed by atoms with Crippen molar-refractivity contribution in [2.75, 3.05) is 16.3 Å². The molecule has 0 aliphatic rings. The maximum atomic E-state index is 14.4. The quantitative estimate of drug-likeness (QED) is 0.347. The molecule has 0 fully saturated rings. The first-order valence-corrected chi connectivity index (χ1v) is 12.1. The Hall–Kier alpha value is -3.15. The number of rotatable bonds is 9. The summed E-state index contributed by atoms with van der Waals surface area (Å²) < 4.78 is 78.6. The molecule has 1 amide bonds. The van der Waals surface area contributed by atoms with Crippen LogP contribution in [0.1, 0.15) is 42.7 Å². The van der Waals surface area contributed by atoms with E-state index >= 15 is 0 Å². The van der Waals surface area contributed by atoms with Gasteiger partial charge in [0.1, 0.15) is 17.3 Å². The molecule has 0 aliphatic carbocycles. The van der Waals surface area contributed by atoms with Crippen molar-refractivity contribution in [2.24, 2.45) is 0 Å². The largest absolute Gasteiger partial charge is 0.433 e. The highest BCUT2D eigenvalue weighted by molar-refractivity contribution is 7.92. The van der Waals surface area contributed by atoms with Gasteiger partial charge in [0.05, 0.1) is 11.9 Å². The fourth-order valence-electron chi connectivity index (χ4n) is 2.95. The molecule has 12 heteroatoms. The Balaban J connectivity index is 2.23. The number of hydrogen-bond acceptors (Lipinski definition) is 5. The summed E-state index contributed by atoms with van der Waals surface area (Å²) in [5, 5.41) is 5.40. The highest BCUT2D eigenvalue weighted by Crippen LogP contribution is 2.32. The predicted molar refractivity (Wildman–Crippen MR) is 123 cm³/mol. The molecule has 0 bridgehead atoms. The van der Waals surface area contributed by atoms with E-state index in [1.165, 1.54) is 13.0 Å². The molecule has 2 aromatic rings. The Morgan fingerprint density at radius 3 is 2.41 bits per heavy atom. The first kappa shape index (κ1) is 27.1. The van der Waals surface area contributed by atoms with Crippen LogP contribution in [0.15, 0.2) is 30.8 Å². The van der Waals surface area contributed by atoms with Crippen molar-refractivity contribution in [3.63, 3.8) is 0 Å². The van der Waals surface area contributed by atoms with Crippen molar-refractivity contribution in [3.8, 4) is 0 Å². The summed E-state index contributed by atoms with van der Waals surface area (Å²) >= 11 is 0. The molecule has 1 unspecified atom stereocenters. The smallest absolute Gasteiger partial charge is 0.367 e. The maximum Gasteiger partial charge on any atom is 0.433 e. The molecule has 0 saturated heterocycles. The molecule has 1 aromatic heterocycles. The van der Waals surface area contributed by atoms with Gasteiger partial charge in [-0.15, -0.1) is 0 Å². The Morgan fingerprint density at radius 1 is 1.24 bits per heavy atom. The van der Waals surface area contributed by atoms with E-state index in [4.69, 9.17) is 0 Å². The number of nitrogens with one attached hydrogen (secondary N) is 3. The van der Waals surface area contributed by atoms with E-state index in [-0.39, 0.29) is 35.2 Å². The molecule has 186 valence electrons. The Labute approximate surface area is 195 Å². The lowest BCUT2D eigenvalue weighted by molar-refractivity contribution is -0.141. The van der Waals surface area contributed by atoms with E-state index in [2.05, 4.69) is 26.9 Å². The van der Waals surface area contributed by atoms with E-state index in [0.29, 0.717) is 17.5 Å². The van der Waals surface area contributed by atoms with Gasteiger partial charge in [0, 0.05) is 23.7 Å². The number of halogens is 4. The molecule has 34 heavy (non-hydrogen) atoms. The molecule has 0 radical (unpaired) electrons. The fourth-order valence-corrected chi connectivity index (χ4v) is 3.58. The van der Waals surface area contributed by atoms with E-state index in [1.807, 2.05) is 6.92 Å². The van der Waals surface area contributed by atoms with Crippen molar-refractivity contribution in [1.29, 1.82) is 0 Å². The second-order valence-electron chi connectivity index (χ2n) is 7.85. The summed E-state index contributed by atoms with van der Waals surface area (Å²) in [5.74, 6) is -1.63. The standard InChI is InChI=1S/C22H26F4N4O3S/c1-6-13(3)28-20-16(7-8-18(29-20)22(24,25)26)14(4)21(31)27-11-15-9-12(2)19(17(23)10-15)30-34(5,32)33/h7-10,13,30H,4,6,11H2,1-3,5H3,(H,27,31)(H,28,29). The molecule has 1 heterocycles. The van der Waals surface area contributed by atoms with Crippen LogP contribution in [0.4, 0.5) is 29.1 Å². The van der Waals surface area contributed by atoms with Crippen LogP contribution < -0.4 is 15.4 Å². The number of carbonyl (C=O) groups is 1. The summed E-state index contributed by atoms with van der Waals surface area (Å²) in [7, 11) is -3.68. The summed E-state index contributed by atoms with van der Waals surface area (Å²) in [6.45, 7) is 8.66. The summed E-state index contributed by atoms with van der Waals surface area (Å²) in [6, 6.07) is 4.24. The Bertz CT molecular complexity index is 1170. The summed E-state index contributed by atoms with van der Waals surface area (Å²) in [6.07, 6.45) is -3.16. The van der Waals surface area contributed by atoms with Gasteiger partial charge in [0.25, 0.3) is 5.91 Å². The van der Waals surface area contributed by atoms with E-state index in [0.717, 1.165) is 24.5 Å². The topological polar surface area (TPSA) is 100 Å². The van der Waals surface area contributed by atoms with Gasteiger partial charge in [-0.2, -0.15) is 13.2 Å².